The van der Waals surface area contributed by atoms with Crippen LogP contribution in [-0.4, -0.2) is 31.0 Å². The molecule has 1 aromatic heterocycles. The molecular weight excluding hydrogens is 592 g/mol. The Hall–Kier alpha value is -4.54. The average molecular weight is 619 g/mol. The Balaban J connectivity index is 1.40. The molecule has 0 radical (unpaired) electrons. The molecule has 0 N–H and O–H groups in total. The van der Waals surface area contributed by atoms with Crippen molar-refractivity contribution in [2.75, 3.05) is 20.5 Å². The number of benzene rings is 3. The van der Waals surface area contributed by atoms with Gasteiger partial charge in [0.05, 0.1) is 35.6 Å². The summed E-state index contributed by atoms with van der Waals surface area (Å²) in [7, 11) is 1.56. The van der Waals surface area contributed by atoms with E-state index in [0.717, 1.165) is 11.1 Å². The molecule has 43 heavy (non-hydrogen) atoms. The third-order valence-corrected chi connectivity index (χ3v) is 8.41. The number of ether oxygens (including phenoxy) is 5. The number of fused-ring (bicyclic) bond motifs is 2. The van der Waals surface area contributed by atoms with Gasteiger partial charge in [-0.05, 0) is 61.4 Å². The van der Waals surface area contributed by atoms with Gasteiger partial charge in [0.25, 0.3) is 5.56 Å². The Morgan fingerprint density at radius 3 is 2.72 bits per heavy atom. The van der Waals surface area contributed by atoms with Crippen LogP contribution in [0.4, 0.5) is 0 Å². The molecule has 3 aromatic carbocycles. The van der Waals surface area contributed by atoms with Crippen LogP contribution in [0.25, 0.3) is 6.08 Å². The maximum absolute atomic E-state index is 14.0. The number of aromatic nitrogens is 1. The molecule has 4 aromatic rings. The third kappa shape index (κ3) is 5.51. The van der Waals surface area contributed by atoms with E-state index in [2.05, 4.69) is 4.99 Å². The zero-order valence-corrected chi connectivity index (χ0v) is 25.2. The number of halogens is 1. The number of thiazole rings is 1. The van der Waals surface area contributed by atoms with E-state index in [9.17, 15) is 9.59 Å². The van der Waals surface area contributed by atoms with E-state index in [0.29, 0.717) is 54.2 Å². The van der Waals surface area contributed by atoms with Gasteiger partial charge in [-0.25, -0.2) is 9.79 Å². The van der Waals surface area contributed by atoms with Gasteiger partial charge >= 0.3 is 5.97 Å². The van der Waals surface area contributed by atoms with Gasteiger partial charge in [0.2, 0.25) is 6.79 Å². The fourth-order valence-electron chi connectivity index (χ4n) is 5.01. The number of carbonyl (C=O) groups is 1. The molecule has 9 nitrogen and oxygen atoms in total. The van der Waals surface area contributed by atoms with Crippen LogP contribution in [0.2, 0.25) is 5.02 Å². The second kappa shape index (κ2) is 12.0. The lowest BCUT2D eigenvalue weighted by Gasteiger charge is -2.24. The summed E-state index contributed by atoms with van der Waals surface area (Å²) in [5.74, 6) is 1.66. The largest absolute Gasteiger partial charge is 0.493 e. The lowest BCUT2D eigenvalue weighted by atomic mass is 9.95. The van der Waals surface area contributed by atoms with E-state index in [1.165, 1.54) is 15.9 Å². The summed E-state index contributed by atoms with van der Waals surface area (Å²) < 4.78 is 30.0. The molecule has 1 unspecified atom stereocenters. The zero-order valence-electron chi connectivity index (χ0n) is 23.6. The van der Waals surface area contributed by atoms with Gasteiger partial charge in [0.1, 0.15) is 6.61 Å². The molecule has 2 aliphatic rings. The van der Waals surface area contributed by atoms with Gasteiger partial charge in [-0.15, -0.1) is 0 Å². The number of rotatable bonds is 8. The number of hydrogen-bond acceptors (Lipinski definition) is 9. The fourth-order valence-corrected chi connectivity index (χ4v) is 6.24. The highest BCUT2D eigenvalue weighted by molar-refractivity contribution is 7.07. The summed E-state index contributed by atoms with van der Waals surface area (Å²) in [4.78, 5) is 32.2. The molecule has 0 aliphatic carbocycles. The lowest BCUT2D eigenvalue weighted by molar-refractivity contribution is -0.139. The molecule has 0 amide bonds. The van der Waals surface area contributed by atoms with Gasteiger partial charge in [-0.2, -0.15) is 0 Å². The predicted octanol–water partition coefficient (Wildman–Crippen LogP) is 4.77. The standard InChI is InChI=1S/C32H27ClN2O7S/c1-4-39-31(37)28-18(2)34-32-35(29(28)20-10-12-24-26(15-20)42-17-41-24)30(36)27(43-32)14-19-9-11-23(25(13-19)38-3)40-16-21-7-5-6-8-22(21)33/h5-15,29H,4,16-17H2,1-3H3/b27-14-. The molecule has 0 saturated carbocycles. The Morgan fingerprint density at radius 1 is 1.12 bits per heavy atom. The van der Waals surface area contributed by atoms with Crippen LogP contribution in [0.15, 0.2) is 81.7 Å². The van der Waals surface area contributed by atoms with Crippen LogP contribution < -0.4 is 33.8 Å². The van der Waals surface area contributed by atoms with Gasteiger partial charge < -0.3 is 23.7 Å². The van der Waals surface area contributed by atoms with Crippen molar-refractivity contribution in [3.05, 3.63) is 113 Å². The SMILES string of the molecule is CCOC(=O)C1=C(C)N=c2s/c(=C\c3ccc(OCc4ccccc4Cl)c(OC)c3)c(=O)n2C1c1ccc2c(c1)OCO2. The molecule has 6 rings (SSSR count). The highest BCUT2D eigenvalue weighted by Gasteiger charge is 2.34. The molecule has 0 saturated heterocycles. The molecule has 3 heterocycles. The van der Waals surface area contributed by atoms with E-state index >= 15 is 0 Å². The maximum Gasteiger partial charge on any atom is 0.338 e. The minimum absolute atomic E-state index is 0.106. The van der Waals surface area contributed by atoms with Crippen molar-refractivity contribution >= 4 is 35.0 Å². The molecule has 220 valence electrons. The van der Waals surface area contributed by atoms with Gasteiger partial charge in [0, 0.05) is 10.6 Å². The summed E-state index contributed by atoms with van der Waals surface area (Å²) in [6, 6.07) is 17.5. The van der Waals surface area contributed by atoms with Gasteiger partial charge in [-0.3, -0.25) is 9.36 Å². The maximum atomic E-state index is 14.0. The molecule has 1 atom stereocenters. The minimum Gasteiger partial charge on any atom is -0.493 e. The number of carbonyl (C=O) groups excluding carboxylic acids is 1. The second-order valence-corrected chi connectivity index (χ2v) is 11.1. The number of allylic oxidation sites excluding steroid dienone is 1. The van der Waals surface area contributed by atoms with Gasteiger partial charge in [-0.1, -0.05) is 53.3 Å². The van der Waals surface area contributed by atoms with Crippen molar-refractivity contribution < 1.29 is 28.5 Å². The van der Waals surface area contributed by atoms with Crippen LogP contribution in [0.3, 0.4) is 0 Å². The van der Waals surface area contributed by atoms with Crippen molar-refractivity contribution in [1.29, 1.82) is 0 Å². The zero-order chi connectivity index (χ0) is 30.1. The van der Waals surface area contributed by atoms with Crippen LogP contribution in [-0.2, 0) is 16.1 Å². The highest BCUT2D eigenvalue weighted by atomic mass is 35.5. The Morgan fingerprint density at radius 2 is 1.93 bits per heavy atom. The molecular formula is C32H27ClN2O7S. The molecule has 0 bridgehead atoms. The highest BCUT2D eigenvalue weighted by Crippen LogP contribution is 2.38. The molecule has 2 aliphatic heterocycles. The van der Waals surface area contributed by atoms with E-state index in [1.807, 2.05) is 36.4 Å². The average Bonchev–Trinajstić information content (AvgIpc) is 3.59. The number of esters is 1. The van der Waals surface area contributed by atoms with Crippen molar-refractivity contribution in [2.45, 2.75) is 26.5 Å². The van der Waals surface area contributed by atoms with Crippen LogP contribution >= 0.6 is 22.9 Å². The summed E-state index contributed by atoms with van der Waals surface area (Å²) in [6.07, 6.45) is 1.77. The third-order valence-electron chi connectivity index (χ3n) is 7.06. The van der Waals surface area contributed by atoms with E-state index in [4.69, 9.17) is 35.3 Å². The van der Waals surface area contributed by atoms with E-state index in [1.54, 1.807) is 51.3 Å². The molecule has 0 spiro atoms. The molecule has 0 fully saturated rings. The summed E-state index contributed by atoms with van der Waals surface area (Å²) in [6.45, 7) is 4.05. The van der Waals surface area contributed by atoms with Gasteiger partial charge in [0.15, 0.2) is 27.8 Å². The van der Waals surface area contributed by atoms with Crippen molar-refractivity contribution in [2.24, 2.45) is 4.99 Å². The quantitative estimate of drug-likeness (QED) is 0.263. The minimum atomic E-state index is -0.762. The lowest BCUT2D eigenvalue weighted by Crippen LogP contribution is -2.39. The Bertz CT molecular complexity index is 1950. The van der Waals surface area contributed by atoms with Crippen molar-refractivity contribution in [1.82, 2.24) is 4.57 Å². The molecule has 11 heteroatoms. The normalized spacial score (nSPS) is 15.6. The first-order valence-corrected chi connectivity index (χ1v) is 14.7. The Labute approximate surface area is 255 Å². The van der Waals surface area contributed by atoms with Crippen LogP contribution in [0.1, 0.15) is 36.6 Å². The van der Waals surface area contributed by atoms with Crippen molar-refractivity contribution in [3.8, 4) is 23.0 Å². The monoisotopic (exact) mass is 618 g/mol. The number of hydrogen-bond donors (Lipinski definition) is 0. The first-order valence-electron chi connectivity index (χ1n) is 13.5. The van der Waals surface area contributed by atoms with E-state index < -0.39 is 12.0 Å². The smallest absolute Gasteiger partial charge is 0.338 e. The first-order chi connectivity index (χ1) is 20.9. The summed E-state index contributed by atoms with van der Waals surface area (Å²) >= 11 is 7.51. The van der Waals surface area contributed by atoms with Crippen LogP contribution in [0.5, 0.6) is 23.0 Å². The summed E-state index contributed by atoms with van der Waals surface area (Å²) in [5, 5.41) is 0.619. The van der Waals surface area contributed by atoms with E-state index in [-0.39, 0.29) is 25.6 Å². The fraction of sp³-hybridized carbons (Fsp3) is 0.219. The second-order valence-electron chi connectivity index (χ2n) is 9.71. The van der Waals surface area contributed by atoms with Crippen LogP contribution in [0, 0.1) is 0 Å². The topological polar surface area (TPSA) is 97.6 Å². The number of methoxy groups -OCH3 is 1. The Kier molecular flexibility index (Phi) is 7.96. The summed E-state index contributed by atoms with van der Waals surface area (Å²) in [5.41, 5.74) is 2.74. The number of nitrogens with zero attached hydrogens (tertiary/aromatic N) is 2. The first kappa shape index (κ1) is 28.6. The van der Waals surface area contributed by atoms with Crippen molar-refractivity contribution in [3.63, 3.8) is 0 Å². The predicted molar refractivity (Wildman–Crippen MR) is 162 cm³/mol.